The molecule has 3 heteroatoms. The van der Waals surface area contributed by atoms with E-state index in [1.54, 1.807) is 0 Å². The highest BCUT2D eigenvalue weighted by atomic mass is 32.2. The minimum absolute atomic E-state index is 1.01. The minimum atomic E-state index is 1.01. The Labute approximate surface area is 43.0 Å². The van der Waals surface area contributed by atoms with Gasteiger partial charge in [-0.1, -0.05) is 6.92 Å². The summed E-state index contributed by atoms with van der Waals surface area (Å²) in [6.45, 7) is 3.07. The van der Waals surface area contributed by atoms with Crippen LogP contribution in [0.1, 0.15) is 6.92 Å². The first kappa shape index (κ1) is 6.27. The molecular weight excluding hydrogens is 96.1 g/mol. The van der Waals surface area contributed by atoms with E-state index in [0.717, 1.165) is 6.54 Å². The normalized spacial score (nSPS) is 9.00. The van der Waals surface area contributed by atoms with Crippen molar-refractivity contribution in [2.45, 2.75) is 6.92 Å². The second-order valence-electron chi connectivity index (χ2n) is 0.804. The lowest BCUT2D eigenvalue weighted by Gasteiger charge is -1.92. The molecule has 0 aromatic heterocycles. The van der Waals surface area contributed by atoms with E-state index in [1.807, 2.05) is 7.05 Å². The van der Waals surface area contributed by atoms with E-state index in [-0.39, 0.29) is 0 Å². The molecule has 2 nitrogen and oxygen atoms in total. The predicted octanol–water partition coefficient (Wildman–Crippen LogP) is 0.378. The lowest BCUT2D eigenvalue weighted by molar-refractivity contribution is 1.02. The molecule has 0 saturated carbocycles. The van der Waals surface area contributed by atoms with Crippen molar-refractivity contribution in [2.24, 2.45) is 0 Å². The van der Waals surface area contributed by atoms with Crippen LogP contribution in [0.4, 0.5) is 0 Å². The van der Waals surface area contributed by atoms with Gasteiger partial charge in [0.05, 0.1) is 0 Å². The molecule has 0 radical (unpaired) electrons. The first-order chi connectivity index (χ1) is 2.91. The molecule has 0 amide bonds. The van der Waals surface area contributed by atoms with E-state index < -0.39 is 0 Å². The van der Waals surface area contributed by atoms with Crippen LogP contribution in [0.25, 0.3) is 0 Å². The molecule has 2 N–H and O–H groups in total. The molecule has 0 spiro atoms. The lowest BCUT2D eigenvalue weighted by atomic mass is 10.8. The molecular formula is C3H10N2S. The Morgan fingerprint density at radius 2 is 2.33 bits per heavy atom. The predicted molar refractivity (Wildman–Crippen MR) is 30.3 cm³/mol. The fraction of sp³-hybridized carbons (Fsp3) is 1.00. The average molecular weight is 106 g/mol. The van der Waals surface area contributed by atoms with Gasteiger partial charge in [-0.05, 0) is 7.05 Å². The summed E-state index contributed by atoms with van der Waals surface area (Å²) in [5.41, 5.74) is 0. The Kier molecular flexibility index (Phi) is 5.51. The van der Waals surface area contributed by atoms with Crippen molar-refractivity contribution in [1.29, 1.82) is 0 Å². The number of hydrogen-bond donors (Lipinski definition) is 2. The molecule has 0 aromatic carbocycles. The average Bonchev–Trinajstić information content (AvgIpc) is 1.61. The van der Waals surface area contributed by atoms with Crippen LogP contribution in [0, 0.1) is 0 Å². The summed E-state index contributed by atoms with van der Waals surface area (Å²) in [5, 5.41) is 0. The van der Waals surface area contributed by atoms with Crippen molar-refractivity contribution in [3.05, 3.63) is 0 Å². The van der Waals surface area contributed by atoms with Gasteiger partial charge >= 0.3 is 0 Å². The van der Waals surface area contributed by atoms with Crippen LogP contribution < -0.4 is 9.44 Å². The molecule has 0 aliphatic rings. The van der Waals surface area contributed by atoms with Crippen molar-refractivity contribution in [2.75, 3.05) is 13.6 Å². The highest BCUT2D eigenvalue weighted by molar-refractivity contribution is 7.95. The highest BCUT2D eigenvalue weighted by Gasteiger charge is 1.70. The number of nitrogens with one attached hydrogen (secondary N) is 2. The molecule has 0 fully saturated rings. The van der Waals surface area contributed by atoms with Crippen molar-refractivity contribution < 1.29 is 0 Å². The van der Waals surface area contributed by atoms with E-state index in [1.165, 1.54) is 12.1 Å². The number of rotatable bonds is 3. The summed E-state index contributed by atoms with van der Waals surface area (Å²) < 4.78 is 5.88. The largest absolute Gasteiger partial charge is 0.254 e. The maximum absolute atomic E-state index is 3.00. The first-order valence-corrected chi connectivity index (χ1v) is 2.79. The van der Waals surface area contributed by atoms with E-state index in [0.29, 0.717) is 0 Å². The molecule has 0 heterocycles. The molecule has 0 atom stereocenters. The molecule has 0 rings (SSSR count). The highest BCUT2D eigenvalue weighted by Crippen LogP contribution is 1.75. The van der Waals surface area contributed by atoms with Gasteiger partial charge in [0.2, 0.25) is 0 Å². The third kappa shape index (κ3) is 4.27. The summed E-state index contributed by atoms with van der Waals surface area (Å²) >= 11 is 1.51. The quantitative estimate of drug-likeness (QED) is 0.402. The van der Waals surface area contributed by atoms with Gasteiger partial charge in [0.25, 0.3) is 0 Å². The summed E-state index contributed by atoms with van der Waals surface area (Å²) in [4.78, 5) is 0. The topological polar surface area (TPSA) is 24.1 Å². The Balaban J connectivity index is 2.34. The van der Waals surface area contributed by atoms with Gasteiger partial charge in [-0.15, -0.1) is 0 Å². The van der Waals surface area contributed by atoms with Crippen molar-refractivity contribution >= 4 is 12.1 Å². The second kappa shape index (κ2) is 5.27. The molecule has 0 bridgehead atoms. The SMILES string of the molecule is CCNSNC. The lowest BCUT2D eigenvalue weighted by Crippen LogP contribution is -2.07. The zero-order valence-corrected chi connectivity index (χ0v) is 4.93. The van der Waals surface area contributed by atoms with Crippen LogP contribution >= 0.6 is 12.1 Å². The van der Waals surface area contributed by atoms with E-state index in [4.69, 9.17) is 0 Å². The van der Waals surface area contributed by atoms with Gasteiger partial charge < -0.3 is 0 Å². The zero-order chi connectivity index (χ0) is 4.83. The van der Waals surface area contributed by atoms with Gasteiger partial charge in [0.1, 0.15) is 0 Å². The molecule has 6 heavy (non-hydrogen) atoms. The van der Waals surface area contributed by atoms with Gasteiger partial charge in [-0.2, -0.15) is 0 Å². The summed E-state index contributed by atoms with van der Waals surface area (Å²) in [6.07, 6.45) is 0. The third-order valence-electron chi connectivity index (χ3n) is 0.319. The molecule has 0 aliphatic heterocycles. The molecule has 0 aliphatic carbocycles. The molecule has 0 aromatic rings. The Bertz CT molecular complexity index is 20.8. The maximum atomic E-state index is 3.00. The Hall–Kier alpha value is 0.270. The van der Waals surface area contributed by atoms with Crippen LogP contribution in [0.2, 0.25) is 0 Å². The summed E-state index contributed by atoms with van der Waals surface area (Å²) in [5.74, 6) is 0. The van der Waals surface area contributed by atoms with E-state index in [2.05, 4.69) is 16.4 Å². The number of hydrogen-bond acceptors (Lipinski definition) is 3. The van der Waals surface area contributed by atoms with Gasteiger partial charge in [-0.25, -0.2) is 0 Å². The molecule has 0 saturated heterocycles. The third-order valence-corrected chi connectivity index (χ3v) is 0.956. The summed E-state index contributed by atoms with van der Waals surface area (Å²) in [6, 6.07) is 0. The van der Waals surface area contributed by atoms with Crippen LogP contribution in [0.3, 0.4) is 0 Å². The minimum Gasteiger partial charge on any atom is -0.254 e. The molecule has 38 valence electrons. The smallest absolute Gasteiger partial charge is 0.00420 e. The van der Waals surface area contributed by atoms with Crippen molar-refractivity contribution in [1.82, 2.24) is 9.44 Å². The molecule has 0 unspecified atom stereocenters. The van der Waals surface area contributed by atoms with Gasteiger partial charge in [0.15, 0.2) is 0 Å². The standard InChI is InChI=1S/C3H10N2S/c1-3-5-6-4-2/h4-5H,3H2,1-2H3. The van der Waals surface area contributed by atoms with Crippen LogP contribution in [0.15, 0.2) is 0 Å². The van der Waals surface area contributed by atoms with E-state index >= 15 is 0 Å². The van der Waals surface area contributed by atoms with Gasteiger partial charge in [0, 0.05) is 18.7 Å². The van der Waals surface area contributed by atoms with Crippen LogP contribution in [0.5, 0.6) is 0 Å². The van der Waals surface area contributed by atoms with Gasteiger partial charge in [-0.3, -0.25) is 9.44 Å². The van der Waals surface area contributed by atoms with Crippen LogP contribution in [-0.4, -0.2) is 13.6 Å². The van der Waals surface area contributed by atoms with Crippen molar-refractivity contribution in [3.8, 4) is 0 Å². The second-order valence-corrected chi connectivity index (χ2v) is 1.71. The first-order valence-electron chi connectivity index (χ1n) is 1.97. The zero-order valence-electron chi connectivity index (χ0n) is 4.12. The maximum Gasteiger partial charge on any atom is 0.00420 e. The monoisotopic (exact) mass is 106 g/mol. The fourth-order valence-electron chi connectivity index (χ4n) is 0.144. The van der Waals surface area contributed by atoms with E-state index in [9.17, 15) is 0 Å². The van der Waals surface area contributed by atoms with Crippen molar-refractivity contribution in [3.63, 3.8) is 0 Å². The Morgan fingerprint density at radius 1 is 1.67 bits per heavy atom. The fourth-order valence-corrected chi connectivity index (χ4v) is 0.433. The Morgan fingerprint density at radius 3 is 2.50 bits per heavy atom. The summed E-state index contributed by atoms with van der Waals surface area (Å²) in [7, 11) is 1.88. The van der Waals surface area contributed by atoms with Crippen LogP contribution in [-0.2, 0) is 0 Å².